The first-order valence-corrected chi connectivity index (χ1v) is 12.6. The maximum Gasteiger partial charge on any atom is 0.213 e. The van der Waals surface area contributed by atoms with Gasteiger partial charge in [-0.25, -0.2) is 13.1 Å². The molecule has 1 aliphatic heterocycles. The lowest BCUT2D eigenvalue weighted by atomic mass is 10.1. The van der Waals surface area contributed by atoms with Crippen LogP contribution in [0.5, 0.6) is 0 Å². The number of ether oxygens (including phenoxy) is 1. The molecular weight excluding hydrogens is 396 g/mol. The molecule has 1 aromatic heterocycles. The monoisotopic (exact) mass is 430 g/mol. The molecule has 0 aromatic carbocycles. The van der Waals surface area contributed by atoms with Crippen molar-refractivity contribution in [3.63, 3.8) is 0 Å². The third-order valence-electron chi connectivity index (χ3n) is 4.50. The molecule has 0 spiro atoms. The molecule has 0 saturated carbocycles. The SMILES string of the molecule is CCNC(=NCC(C)Cc1cccs1)NCCS(=O)(=O)NCC1CCCCO1. The Labute approximate surface area is 173 Å². The minimum absolute atomic E-state index is 0.000184. The summed E-state index contributed by atoms with van der Waals surface area (Å²) in [4.78, 5) is 5.96. The fourth-order valence-electron chi connectivity index (χ4n) is 2.99. The summed E-state index contributed by atoms with van der Waals surface area (Å²) < 4.78 is 32.6. The normalized spacial score (nSPS) is 19.4. The first-order chi connectivity index (χ1) is 13.5. The zero-order valence-electron chi connectivity index (χ0n) is 16.9. The summed E-state index contributed by atoms with van der Waals surface area (Å²) in [6, 6.07) is 4.21. The maximum absolute atomic E-state index is 12.2. The number of rotatable bonds is 11. The van der Waals surface area contributed by atoms with E-state index in [9.17, 15) is 8.42 Å². The minimum atomic E-state index is -3.33. The van der Waals surface area contributed by atoms with Crippen molar-refractivity contribution in [3.05, 3.63) is 22.4 Å². The van der Waals surface area contributed by atoms with Crippen LogP contribution in [0.15, 0.2) is 22.5 Å². The summed E-state index contributed by atoms with van der Waals surface area (Å²) in [5, 5.41) is 8.38. The first kappa shape index (κ1) is 23.1. The molecule has 1 aromatic rings. The Morgan fingerprint density at radius 3 is 2.93 bits per heavy atom. The summed E-state index contributed by atoms with van der Waals surface area (Å²) in [6.07, 6.45) is 4.08. The van der Waals surface area contributed by atoms with Crippen molar-refractivity contribution in [3.8, 4) is 0 Å². The van der Waals surface area contributed by atoms with Gasteiger partial charge in [-0.3, -0.25) is 4.99 Å². The van der Waals surface area contributed by atoms with Crippen LogP contribution in [0.2, 0.25) is 0 Å². The van der Waals surface area contributed by atoms with E-state index in [0.29, 0.717) is 31.5 Å². The van der Waals surface area contributed by atoms with E-state index in [1.807, 2.05) is 6.92 Å². The van der Waals surface area contributed by atoms with Crippen LogP contribution in [0, 0.1) is 5.92 Å². The van der Waals surface area contributed by atoms with E-state index in [-0.39, 0.29) is 11.9 Å². The number of sulfonamides is 1. The van der Waals surface area contributed by atoms with Crippen LogP contribution in [0.25, 0.3) is 0 Å². The van der Waals surface area contributed by atoms with Crippen LogP contribution in [0.3, 0.4) is 0 Å². The number of guanidine groups is 1. The average molecular weight is 431 g/mol. The van der Waals surface area contributed by atoms with Crippen LogP contribution in [0.4, 0.5) is 0 Å². The average Bonchev–Trinajstić information content (AvgIpc) is 3.18. The van der Waals surface area contributed by atoms with Gasteiger partial charge >= 0.3 is 0 Å². The van der Waals surface area contributed by atoms with Crippen molar-refractivity contribution in [2.75, 3.05) is 38.5 Å². The van der Waals surface area contributed by atoms with Crippen LogP contribution < -0.4 is 15.4 Å². The smallest absolute Gasteiger partial charge is 0.213 e. The molecule has 28 heavy (non-hydrogen) atoms. The topological polar surface area (TPSA) is 91.8 Å². The molecule has 0 radical (unpaired) electrons. The summed E-state index contributed by atoms with van der Waals surface area (Å²) >= 11 is 1.76. The van der Waals surface area contributed by atoms with E-state index in [1.165, 1.54) is 4.88 Å². The van der Waals surface area contributed by atoms with E-state index < -0.39 is 10.0 Å². The second-order valence-electron chi connectivity index (χ2n) is 7.19. The summed E-state index contributed by atoms with van der Waals surface area (Å²) in [6.45, 7) is 6.99. The van der Waals surface area contributed by atoms with Gasteiger partial charge in [0.1, 0.15) is 0 Å². The molecule has 160 valence electrons. The van der Waals surface area contributed by atoms with E-state index in [0.717, 1.165) is 38.8 Å². The van der Waals surface area contributed by atoms with E-state index >= 15 is 0 Å². The van der Waals surface area contributed by atoms with Crippen molar-refractivity contribution >= 4 is 27.3 Å². The summed E-state index contributed by atoms with van der Waals surface area (Å²) in [5.74, 6) is 1.09. The molecular formula is C19H34N4O3S2. The molecule has 1 saturated heterocycles. The fraction of sp³-hybridized carbons (Fsp3) is 0.737. The molecule has 3 N–H and O–H groups in total. The fourth-order valence-corrected chi connectivity index (χ4v) is 4.81. The predicted octanol–water partition coefficient (Wildman–Crippen LogP) is 1.97. The van der Waals surface area contributed by atoms with Gasteiger partial charge in [0.25, 0.3) is 0 Å². The van der Waals surface area contributed by atoms with E-state index in [2.05, 4.69) is 44.8 Å². The third kappa shape index (κ3) is 9.36. The second-order valence-corrected chi connectivity index (χ2v) is 10.1. The highest BCUT2D eigenvalue weighted by molar-refractivity contribution is 7.89. The largest absolute Gasteiger partial charge is 0.377 e. The van der Waals surface area contributed by atoms with Gasteiger partial charge < -0.3 is 15.4 Å². The molecule has 0 bridgehead atoms. The van der Waals surface area contributed by atoms with Crippen molar-refractivity contribution in [2.24, 2.45) is 10.9 Å². The number of aliphatic imine (C=N–C) groups is 1. The Balaban J connectivity index is 1.71. The van der Waals surface area contributed by atoms with Gasteiger partial charge in [-0.15, -0.1) is 11.3 Å². The number of nitrogens with zero attached hydrogens (tertiary/aromatic N) is 1. The molecule has 2 heterocycles. The van der Waals surface area contributed by atoms with Gasteiger partial charge in [-0.2, -0.15) is 0 Å². The summed E-state index contributed by atoms with van der Waals surface area (Å²) in [5.41, 5.74) is 0. The van der Waals surface area contributed by atoms with Crippen molar-refractivity contribution in [1.29, 1.82) is 0 Å². The zero-order valence-corrected chi connectivity index (χ0v) is 18.6. The molecule has 2 unspecified atom stereocenters. The minimum Gasteiger partial charge on any atom is -0.377 e. The highest BCUT2D eigenvalue weighted by Gasteiger charge is 2.17. The van der Waals surface area contributed by atoms with Gasteiger partial charge in [0, 0.05) is 37.7 Å². The number of nitrogens with one attached hydrogen (secondary N) is 3. The Hall–Kier alpha value is -1.16. The Morgan fingerprint density at radius 1 is 1.39 bits per heavy atom. The Morgan fingerprint density at radius 2 is 2.25 bits per heavy atom. The van der Waals surface area contributed by atoms with Gasteiger partial charge in [0.15, 0.2) is 5.96 Å². The van der Waals surface area contributed by atoms with E-state index in [4.69, 9.17) is 4.74 Å². The number of thiophene rings is 1. The Bertz CT molecular complexity index is 671. The number of hydrogen-bond acceptors (Lipinski definition) is 5. The van der Waals surface area contributed by atoms with Crippen LogP contribution in [-0.4, -0.2) is 59.0 Å². The molecule has 9 heteroatoms. The molecule has 2 rings (SSSR count). The molecule has 0 amide bonds. The van der Waals surface area contributed by atoms with Gasteiger partial charge in [-0.05, 0) is 50.0 Å². The molecule has 1 aliphatic rings. The predicted molar refractivity (Wildman–Crippen MR) is 117 cm³/mol. The zero-order chi connectivity index (χ0) is 20.2. The molecule has 1 fully saturated rings. The maximum atomic E-state index is 12.2. The van der Waals surface area contributed by atoms with Crippen molar-refractivity contribution in [2.45, 2.75) is 45.6 Å². The standard InChI is InChI=1S/C19H34N4O3S2/c1-3-20-19(22-14-16(2)13-18-8-6-11-27-18)21-9-12-28(24,25)23-15-17-7-4-5-10-26-17/h6,8,11,16-17,23H,3-5,7,9-10,12-15H2,1-2H3,(H2,20,21,22). The molecule has 0 aliphatic carbocycles. The second kappa shape index (κ2) is 12.4. The van der Waals surface area contributed by atoms with Crippen molar-refractivity contribution in [1.82, 2.24) is 15.4 Å². The number of hydrogen-bond donors (Lipinski definition) is 3. The lowest BCUT2D eigenvalue weighted by Gasteiger charge is -2.22. The van der Waals surface area contributed by atoms with Crippen LogP contribution in [-0.2, 0) is 21.2 Å². The first-order valence-electron chi connectivity index (χ1n) is 10.1. The van der Waals surface area contributed by atoms with Crippen molar-refractivity contribution < 1.29 is 13.2 Å². The quantitative estimate of drug-likeness (QED) is 0.369. The summed E-state index contributed by atoms with van der Waals surface area (Å²) in [7, 11) is -3.33. The lowest BCUT2D eigenvalue weighted by Crippen LogP contribution is -2.42. The van der Waals surface area contributed by atoms with Crippen LogP contribution in [0.1, 0.15) is 38.0 Å². The lowest BCUT2D eigenvalue weighted by molar-refractivity contribution is 0.0200. The highest BCUT2D eigenvalue weighted by Crippen LogP contribution is 2.14. The van der Waals surface area contributed by atoms with Gasteiger partial charge in [0.2, 0.25) is 10.0 Å². The third-order valence-corrected chi connectivity index (χ3v) is 6.75. The molecule has 2 atom stereocenters. The van der Waals surface area contributed by atoms with Gasteiger partial charge in [-0.1, -0.05) is 13.0 Å². The van der Waals surface area contributed by atoms with E-state index in [1.54, 1.807) is 11.3 Å². The highest BCUT2D eigenvalue weighted by atomic mass is 32.2. The van der Waals surface area contributed by atoms with Crippen LogP contribution >= 0.6 is 11.3 Å². The molecule has 7 nitrogen and oxygen atoms in total. The van der Waals surface area contributed by atoms with Gasteiger partial charge in [0.05, 0.1) is 11.9 Å². The Kier molecular flexibility index (Phi) is 10.3.